The molecule has 3 atom stereocenters. The summed E-state index contributed by atoms with van der Waals surface area (Å²) in [5.74, 6) is 3.09. The van der Waals surface area contributed by atoms with Gasteiger partial charge < -0.3 is 10.4 Å². The van der Waals surface area contributed by atoms with E-state index in [1.165, 1.54) is 51.4 Å². The third-order valence-electron chi connectivity index (χ3n) is 6.95. The molecule has 0 aromatic heterocycles. The first kappa shape index (κ1) is 12.6. The van der Waals surface area contributed by atoms with Crippen molar-refractivity contribution in [3.63, 3.8) is 0 Å². The normalized spacial score (nSPS) is 53.7. The summed E-state index contributed by atoms with van der Waals surface area (Å²) < 4.78 is 0. The minimum Gasteiger partial charge on any atom is -0.392 e. The summed E-state index contributed by atoms with van der Waals surface area (Å²) >= 11 is 0. The first-order valence-electron chi connectivity index (χ1n) is 8.59. The maximum atomic E-state index is 10.1. The Morgan fingerprint density at radius 1 is 1.00 bits per heavy atom. The number of aliphatic hydroxyl groups is 1. The van der Waals surface area contributed by atoms with Crippen molar-refractivity contribution in [1.82, 2.24) is 5.32 Å². The molecule has 3 unspecified atom stereocenters. The topological polar surface area (TPSA) is 32.3 Å². The van der Waals surface area contributed by atoms with Gasteiger partial charge in [-0.25, -0.2) is 0 Å². The average molecular weight is 263 g/mol. The van der Waals surface area contributed by atoms with Gasteiger partial charge in [-0.05, 0) is 87.9 Å². The highest BCUT2D eigenvalue weighted by molar-refractivity contribution is 5.06. The fourth-order valence-corrected chi connectivity index (χ4v) is 6.34. The molecule has 0 radical (unpaired) electrons. The molecule has 0 aliphatic heterocycles. The number of nitrogens with one attached hydrogen (secondary N) is 1. The first-order chi connectivity index (χ1) is 9.14. The second kappa shape index (κ2) is 4.46. The van der Waals surface area contributed by atoms with E-state index < -0.39 is 0 Å². The molecule has 2 nitrogen and oxygen atoms in total. The number of rotatable bonds is 3. The highest BCUT2D eigenvalue weighted by Gasteiger charge is 2.53. The molecule has 5 fully saturated rings. The Balaban J connectivity index is 1.48. The largest absolute Gasteiger partial charge is 0.392 e. The molecule has 19 heavy (non-hydrogen) atoms. The van der Waals surface area contributed by atoms with Crippen molar-refractivity contribution in [2.45, 2.75) is 82.9 Å². The van der Waals surface area contributed by atoms with Gasteiger partial charge in [0.15, 0.2) is 0 Å². The van der Waals surface area contributed by atoms with Gasteiger partial charge in [0.1, 0.15) is 0 Å². The van der Waals surface area contributed by atoms with Crippen LogP contribution in [0.15, 0.2) is 0 Å². The van der Waals surface area contributed by atoms with Gasteiger partial charge in [-0.15, -0.1) is 0 Å². The minimum absolute atomic E-state index is 0.0867. The van der Waals surface area contributed by atoms with E-state index in [2.05, 4.69) is 12.2 Å². The van der Waals surface area contributed by atoms with E-state index in [-0.39, 0.29) is 6.10 Å². The van der Waals surface area contributed by atoms with Crippen molar-refractivity contribution >= 4 is 0 Å². The molecule has 0 amide bonds. The van der Waals surface area contributed by atoms with E-state index in [9.17, 15) is 5.11 Å². The van der Waals surface area contributed by atoms with Crippen LogP contribution in [-0.4, -0.2) is 23.3 Å². The molecule has 108 valence electrons. The SMILES string of the molecule is CC(NC1CCCC1O)C12CC3CC(CC(C3)C1)C2. The van der Waals surface area contributed by atoms with Gasteiger partial charge in [0.2, 0.25) is 0 Å². The molecule has 5 aliphatic rings. The maximum Gasteiger partial charge on any atom is 0.0693 e. The highest BCUT2D eigenvalue weighted by Crippen LogP contribution is 2.61. The Morgan fingerprint density at radius 3 is 2.05 bits per heavy atom. The lowest BCUT2D eigenvalue weighted by atomic mass is 9.48. The van der Waals surface area contributed by atoms with Crippen LogP contribution in [-0.2, 0) is 0 Å². The molecule has 0 saturated heterocycles. The van der Waals surface area contributed by atoms with Gasteiger partial charge in [-0.1, -0.05) is 0 Å². The third kappa shape index (κ3) is 2.06. The van der Waals surface area contributed by atoms with Crippen LogP contribution in [0.3, 0.4) is 0 Å². The van der Waals surface area contributed by atoms with Crippen LogP contribution in [0.1, 0.15) is 64.7 Å². The molecule has 2 heteroatoms. The molecular formula is C17H29NO. The van der Waals surface area contributed by atoms with Crippen molar-refractivity contribution in [3.8, 4) is 0 Å². The molecule has 2 N–H and O–H groups in total. The predicted molar refractivity (Wildman–Crippen MR) is 76.8 cm³/mol. The lowest BCUT2D eigenvalue weighted by Crippen LogP contribution is -2.57. The molecule has 5 rings (SSSR count). The Hall–Kier alpha value is -0.0800. The van der Waals surface area contributed by atoms with Gasteiger partial charge in [-0.3, -0.25) is 0 Å². The summed E-state index contributed by atoms with van der Waals surface area (Å²) in [5.41, 5.74) is 0.580. The molecule has 5 aliphatic carbocycles. The van der Waals surface area contributed by atoms with Crippen molar-refractivity contribution in [3.05, 3.63) is 0 Å². The summed E-state index contributed by atoms with van der Waals surface area (Å²) in [7, 11) is 0. The van der Waals surface area contributed by atoms with Crippen LogP contribution < -0.4 is 5.32 Å². The zero-order valence-corrected chi connectivity index (χ0v) is 12.3. The maximum absolute atomic E-state index is 10.1. The van der Waals surface area contributed by atoms with E-state index in [0.717, 1.165) is 24.2 Å². The Bertz CT molecular complexity index is 318. The zero-order valence-electron chi connectivity index (χ0n) is 12.3. The van der Waals surface area contributed by atoms with Gasteiger partial charge in [0.05, 0.1) is 6.10 Å². The summed E-state index contributed by atoms with van der Waals surface area (Å²) in [4.78, 5) is 0. The standard InChI is InChI=1S/C17H29NO/c1-11(18-15-3-2-4-16(15)19)17-8-12-5-13(9-17)7-14(6-12)10-17/h11-16,18-19H,2-10H2,1H3. The Morgan fingerprint density at radius 2 is 1.58 bits per heavy atom. The number of aliphatic hydroxyl groups excluding tert-OH is 1. The average Bonchev–Trinajstić information content (AvgIpc) is 2.73. The van der Waals surface area contributed by atoms with E-state index in [1.54, 1.807) is 0 Å². The smallest absolute Gasteiger partial charge is 0.0693 e. The van der Waals surface area contributed by atoms with E-state index in [1.807, 2.05) is 0 Å². The van der Waals surface area contributed by atoms with Crippen LogP contribution in [0.4, 0.5) is 0 Å². The van der Waals surface area contributed by atoms with Crippen LogP contribution in [0.25, 0.3) is 0 Å². The Kier molecular flexibility index (Phi) is 2.97. The van der Waals surface area contributed by atoms with Crippen molar-refractivity contribution in [1.29, 1.82) is 0 Å². The molecule has 0 heterocycles. The molecular weight excluding hydrogens is 234 g/mol. The monoisotopic (exact) mass is 263 g/mol. The van der Waals surface area contributed by atoms with Crippen LogP contribution in [0, 0.1) is 23.2 Å². The molecule has 0 aromatic rings. The molecule has 4 bridgehead atoms. The minimum atomic E-state index is -0.0867. The highest BCUT2D eigenvalue weighted by atomic mass is 16.3. The van der Waals surface area contributed by atoms with E-state index >= 15 is 0 Å². The summed E-state index contributed by atoms with van der Waals surface area (Å²) in [6, 6.07) is 0.988. The van der Waals surface area contributed by atoms with Gasteiger partial charge >= 0.3 is 0 Å². The third-order valence-corrected chi connectivity index (χ3v) is 6.95. The van der Waals surface area contributed by atoms with Gasteiger partial charge in [-0.2, -0.15) is 0 Å². The first-order valence-corrected chi connectivity index (χ1v) is 8.59. The second-order valence-corrected chi connectivity index (χ2v) is 8.27. The van der Waals surface area contributed by atoms with Gasteiger partial charge in [0, 0.05) is 12.1 Å². The summed E-state index contributed by atoms with van der Waals surface area (Å²) in [6.07, 6.45) is 12.3. The lowest BCUT2D eigenvalue weighted by Gasteiger charge is -2.59. The van der Waals surface area contributed by atoms with Crippen molar-refractivity contribution in [2.24, 2.45) is 23.2 Å². The summed E-state index contributed by atoms with van der Waals surface area (Å²) in [5, 5.41) is 13.9. The van der Waals surface area contributed by atoms with Gasteiger partial charge in [0.25, 0.3) is 0 Å². The summed E-state index contributed by atoms with van der Waals surface area (Å²) in [6.45, 7) is 2.41. The molecule has 5 saturated carbocycles. The Labute approximate surface area is 117 Å². The zero-order chi connectivity index (χ0) is 13.0. The van der Waals surface area contributed by atoms with Crippen molar-refractivity contribution < 1.29 is 5.11 Å². The van der Waals surface area contributed by atoms with Crippen LogP contribution in [0.5, 0.6) is 0 Å². The quantitative estimate of drug-likeness (QED) is 0.820. The van der Waals surface area contributed by atoms with Crippen LogP contribution in [0.2, 0.25) is 0 Å². The fourth-order valence-electron chi connectivity index (χ4n) is 6.34. The second-order valence-electron chi connectivity index (χ2n) is 8.27. The van der Waals surface area contributed by atoms with Crippen molar-refractivity contribution in [2.75, 3.05) is 0 Å². The van der Waals surface area contributed by atoms with E-state index in [0.29, 0.717) is 17.5 Å². The fraction of sp³-hybridized carbons (Fsp3) is 1.00. The molecule has 0 spiro atoms. The number of hydrogen-bond donors (Lipinski definition) is 2. The molecule has 0 aromatic carbocycles. The lowest BCUT2D eigenvalue weighted by molar-refractivity contribution is -0.0739. The van der Waals surface area contributed by atoms with E-state index in [4.69, 9.17) is 0 Å². The predicted octanol–water partition coefficient (Wildman–Crippen LogP) is 3.09. The number of hydrogen-bond acceptors (Lipinski definition) is 2. The van der Waals surface area contributed by atoms with Crippen LogP contribution >= 0.6 is 0 Å².